The minimum absolute atomic E-state index is 0.510. The third-order valence-electron chi connectivity index (χ3n) is 18.2. The van der Waals surface area contributed by atoms with E-state index in [4.69, 9.17) is 9.47 Å². The highest BCUT2D eigenvalue weighted by Gasteiger charge is 2.58. The monoisotopic (exact) mass is 749 g/mol. The minimum Gasteiger partial charge on any atom is -0.378 e. The summed E-state index contributed by atoms with van der Waals surface area (Å²) in [6.45, 7) is 11.7. The van der Waals surface area contributed by atoms with Crippen molar-refractivity contribution in [1.29, 1.82) is 0 Å². The molecule has 12 unspecified atom stereocenters. The third-order valence-corrected chi connectivity index (χ3v) is 18.2. The molecule has 0 saturated heterocycles. The average molecular weight is 749 g/mol. The van der Waals surface area contributed by atoms with E-state index in [0.29, 0.717) is 12.2 Å². The smallest absolute Gasteiger partial charge is 0.0590 e. The molecule has 0 aliphatic heterocycles. The Kier molecular flexibility index (Phi) is 14.5. The van der Waals surface area contributed by atoms with E-state index in [2.05, 4.69) is 37.5 Å². The number of unbranched alkanes of at least 4 members (excludes halogenated alkanes) is 2. The zero-order valence-corrected chi connectivity index (χ0v) is 36.2. The Morgan fingerprint density at radius 3 is 1.24 bits per heavy atom. The van der Waals surface area contributed by atoms with Crippen LogP contribution in [0, 0.1) is 47.3 Å². The fourth-order valence-electron chi connectivity index (χ4n) is 15.6. The molecule has 12 atom stereocenters. The second-order valence-corrected chi connectivity index (χ2v) is 21.5. The summed E-state index contributed by atoms with van der Waals surface area (Å²) in [5.41, 5.74) is 0. The zero-order valence-electron chi connectivity index (χ0n) is 36.2. The normalized spacial score (nSPS) is 45.7. The van der Waals surface area contributed by atoms with Crippen molar-refractivity contribution >= 4 is 0 Å². The summed E-state index contributed by atoms with van der Waals surface area (Å²) in [6.07, 6.45) is 40.9. The molecule has 0 radical (unpaired) electrons. The van der Waals surface area contributed by atoms with E-state index in [-0.39, 0.29) is 0 Å². The zero-order chi connectivity index (χ0) is 37.0. The van der Waals surface area contributed by atoms with Gasteiger partial charge in [-0.2, -0.15) is 0 Å². The van der Waals surface area contributed by atoms with E-state index in [9.17, 15) is 0 Å². The van der Waals surface area contributed by atoms with E-state index in [1.165, 1.54) is 141 Å². The second-order valence-electron chi connectivity index (χ2n) is 21.5. The van der Waals surface area contributed by atoms with Crippen molar-refractivity contribution < 1.29 is 9.47 Å². The molecule has 0 aromatic heterocycles. The van der Waals surface area contributed by atoms with Gasteiger partial charge in [0.05, 0.1) is 12.2 Å². The van der Waals surface area contributed by atoms with Gasteiger partial charge >= 0.3 is 0 Å². The second kappa shape index (κ2) is 19.3. The molecule has 310 valence electrons. The van der Waals surface area contributed by atoms with Crippen molar-refractivity contribution in [3.8, 4) is 0 Å². The number of rotatable bonds is 14. The van der Waals surface area contributed by atoms with Crippen LogP contribution in [-0.2, 0) is 9.47 Å². The van der Waals surface area contributed by atoms with Gasteiger partial charge in [0.15, 0.2) is 0 Å². The molecule has 0 amide bonds. The first-order valence-corrected chi connectivity index (χ1v) is 25.3. The molecule has 0 N–H and O–H groups in total. The Morgan fingerprint density at radius 1 is 0.426 bits per heavy atom. The summed E-state index contributed by atoms with van der Waals surface area (Å²) in [7, 11) is 0. The lowest BCUT2D eigenvalue weighted by Crippen LogP contribution is -2.64. The van der Waals surface area contributed by atoms with Crippen molar-refractivity contribution in [3.05, 3.63) is 0 Å². The predicted molar refractivity (Wildman–Crippen MR) is 226 cm³/mol. The summed E-state index contributed by atoms with van der Waals surface area (Å²) in [5, 5.41) is 0. The van der Waals surface area contributed by atoms with Gasteiger partial charge in [-0.05, 0) is 214 Å². The standard InChI is InChI=1S/C50H88N2O2/c1-5-7-31-53-43-13-9-11-41(33-43)51(39-23-15-35(3)16-24-39)47-29-21-37-20-28-46-48(30-22-38-19-27-45(47)49(37)50(38)46)52(40-25-17-36(4)18-26-40)42-12-10-14-44(34-42)54-32-8-6-2/h35-50H,5-34H2,1-4H3. The van der Waals surface area contributed by atoms with Crippen molar-refractivity contribution in [1.82, 2.24) is 9.80 Å². The lowest BCUT2D eigenvalue weighted by atomic mass is 9.46. The maximum atomic E-state index is 6.64. The maximum Gasteiger partial charge on any atom is 0.0590 e. The maximum absolute atomic E-state index is 6.64. The highest BCUT2D eigenvalue weighted by molar-refractivity contribution is 5.10. The molecule has 8 aliphatic rings. The van der Waals surface area contributed by atoms with Crippen LogP contribution < -0.4 is 0 Å². The van der Waals surface area contributed by atoms with Gasteiger partial charge in [-0.3, -0.25) is 9.80 Å². The van der Waals surface area contributed by atoms with Crippen LogP contribution in [0.1, 0.15) is 207 Å². The van der Waals surface area contributed by atoms with Crippen molar-refractivity contribution in [2.45, 2.75) is 256 Å². The molecule has 8 saturated carbocycles. The van der Waals surface area contributed by atoms with Crippen LogP contribution in [-0.4, -0.2) is 71.5 Å². The largest absolute Gasteiger partial charge is 0.378 e. The molecule has 0 bridgehead atoms. The van der Waals surface area contributed by atoms with Gasteiger partial charge in [-0.25, -0.2) is 0 Å². The van der Waals surface area contributed by atoms with Gasteiger partial charge in [0.25, 0.3) is 0 Å². The molecule has 8 aliphatic carbocycles. The van der Waals surface area contributed by atoms with Crippen LogP contribution in [0.2, 0.25) is 0 Å². The van der Waals surface area contributed by atoms with Gasteiger partial charge in [-0.1, -0.05) is 40.5 Å². The van der Waals surface area contributed by atoms with Crippen molar-refractivity contribution in [2.75, 3.05) is 13.2 Å². The van der Waals surface area contributed by atoms with Crippen LogP contribution in [0.25, 0.3) is 0 Å². The highest BCUT2D eigenvalue weighted by atomic mass is 16.5. The minimum atomic E-state index is 0.510. The molecule has 8 rings (SSSR count). The van der Waals surface area contributed by atoms with Gasteiger partial charge in [-0.15, -0.1) is 0 Å². The Bertz CT molecular complexity index is 1030. The van der Waals surface area contributed by atoms with Gasteiger partial charge in [0, 0.05) is 49.5 Å². The summed E-state index contributed by atoms with van der Waals surface area (Å²) >= 11 is 0. The van der Waals surface area contributed by atoms with Gasteiger partial charge in [0.1, 0.15) is 0 Å². The van der Waals surface area contributed by atoms with E-state index < -0.39 is 0 Å². The fraction of sp³-hybridized carbons (Fsp3) is 1.00. The molecule has 8 fully saturated rings. The summed E-state index contributed by atoms with van der Waals surface area (Å²) in [4.78, 5) is 6.67. The number of hydrogen-bond donors (Lipinski definition) is 0. The average Bonchev–Trinajstić information content (AvgIpc) is 3.20. The number of hydrogen-bond acceptors (Lipinski definition) is 4. The first-order chi connectivity index (χ1) is 26.5. The first kappa shape index (κ1) is 40.6. The summed E-state index contributed by atoms with van der Waals surface area (Å²) in [5.74, 6) is 7.86. The van der Waals surface area contributed by atoms with E-state index in [0.717, 1.165) is 96.8 Å². The Hall–Kier alpha value is -0.160. The number of nitrogens with zero attached hydrogens (tertiary/aromatic N) is 2. The molecule has 4 heteroatoms. The predicted octanol–water partition coefficient (Wildman–Crippen LogP) is 12.6. The van der Waals surface area contributed by atoms with Crippen LogP contribution >= 0.6 is 0 Å². The van der Waals surface area contributed by atoms with Crippen LogP contribution in [0.4, 0.5) is 0 Å². The molecule has 4 nitrogen and oxygen atoms in total. The van der Waals surface area contributed by atoms with E-state index in [1.807, 2.05) is 0 Å². The van der Waals surface area contributed by atoms with E-state index >= 15 is 0 Å². The van der Waals surface area contributed by atoms with Gasteiger partial charge in [0.2, 0.25) is 0 Å². The molecule has 0 aromatic carbocycles. The molecule has 0 aromatic rings. The Morgan fingerprint density at radius 2 is 0.833 bits per heavy atom. The van der Waals surface area contributed by atoms with Crippen molar-refractivity contribution in [3.63, 3.8) is 0 Å². The summed E-state index contributed by atoms with van der Waals surface area (Å²) in [6, 6.07) is 4.90. The topological polar surface area (TPSA) is 24.9 Å². The highest BCUT2D eigenvalue weighted by Crippen LogP contribution is 2.62. The number of ether oxygens (including phenoxy) is 2. The SMILES string of the molecule is CCCCOC1CCCC(N(C2CCC(C)CC2)C2CCC3CCC4C5C(CCC2C35)CCC4N(C2CCC(C)CC2)C2CCCC(OCCCC)C2)C1. The lowest BCUT2D eigenvalue weighted by Gasteiger charge is -2.64. The molecular weight excluding hydrogens is 661 g/mol. The molecular formula is C50H88N2O2. The quantitative estimate of drug-likeness (QED) is 0.165. The Balaban J connectivity index is 1.04. The van der Waals surface area contributed by atoms with E-state index in [1.54, 1.807) is 38.5 Å². The van der Waals surface area contributed by atoms with Crippen LogP contribution in [0.15, 0.2) is 0 Å². The van der Waals surface area contributed by atoms with Crippen molar-refractivity contribution in [2.24, 2.45) is 47.3 Å². The third kappa shape index (κ3) is 9.03. The molecule has 54 heavy (non-hydrogen) atoms. The molecule has 0 spiro atoms. The lowest BCUT2D eigenvalue weighted by molar-refractivity contribution is -0.153. The molecule has 0 heterocycles. The van der Waals surface area contributed by atoms with Crippen LogP contribution in [0.3, 0.4) is 0 Å². The Labute approximate surface area is 334 Å². The summed E-state index contributed by atoms with van der Waals surface area (Å²) < 4.78 is 13.3. The van der Waals surface area contributed by atoms with Gasteiger partial charge < -0.3 is 9.47 Å². The fourth-order valence-corrected chi connectivity index (χ4v) is 15.6. The van der Waals surface area contributed by atoms with Crippen LogP contribution in [0.5, 0.6) is 0 Å². The first-order valence-electron chi connectivity index (χ1n) is 25.3.